The minimum Gasteiger partial charge on any atom is -0.392 e. The van der Waals surface area contributed by atoms with E-state index < -0.39 is 0 Å². The summed E-state index contributed by atoms with van der Waals surface area (Å²) in [4.78, 5) is 4.22. The van der Waals surface area contributed by atoms with Gasteiger partial charge in [0.1, 0.15) is 0 Å². The van der Waals surface area contributed by atoms with Crippen LogP contribution in [-0.2, 0) is 6.42 Å². The van der Waals surface area contributed by atoms with Crippen LogP contribution in [-0.4, -0.2) is 27.2 Å². The molecule has 0 spiro atoms. The molecule has 1 aromatic rings. The van der Waals surface area contributed by atoms with Gasteiger partial charge in [-0.1, -0.05) is 6.07 Å². The number of nitrogens with zero attached hydrogens (tertiary/aromatic N) is 1. The van der Waals surface area contributed by atoms with Gasteiger partial charge >= 0.3 is 0 Å². The van der Waals surface area contributed by atoms with Crippen LogP contribution in [0, 0.1) is 0 Å². The molecule has 0 saturated carbocycles. The van der Waals surface area contributed by atoms with E-state index in [-0.39, 0.29) is 6.10 Å². The summed E-state index contributed by atoms with van der Waals surface area (Å²) in [5, 5.41) is 10.4. The predicted molar refractivity (Wildman–Crippen MR) is 59.4 cm³/mol. The molecule has 2 heterocycles. The molecule has 0 bridgehead atoms. The Morgan fingerprint density at radius 3 is 3.14 bits per heavy atom. The van der Waals surface area contributed by atoms with Crippen molar-refractivity contribution in [1.82, 2.24) is 4.98 Å². The summed E-state index contributed by atoms with van der Waals surface area (Å²) in [6, 6.07) is 5.85. The lowest BCUT2D eigenvalue weighted by Crippen LogP contribution is -2.23. The maximum Gasteiger partial charge on any atom is 0.0714 e. The number of aliphatic hydroxyl groups is 1. The molecular formula is C11H15NOS. The van der Waals surface area contributed by atoms with Gasteiger partial charge in [0.15, 0.2) is 0 Å². The number of pyridine rings is 1. The largest absolute Gasteiger partial charge is 0.392 e. The lowest BCUT2D eigenvalue weighted by Gasteiger charge is -2.16. The third-order valence-electron chi connectivity index (χ3n) is 2.54. The molecule has 2 atom stereocenters. The standard InChI is InChI=1S/C11H15NOS/c13-10(11-5-3-7-14-11)8-9-4-1-2-6-12-9/h1-2,4,6,10-11,13H,3,5,7-8H2. The minimum absolute atomic E-state index is 0.225. The quantitative estimate of drug-likeness (QED) is 0.825. The summed E-state index contributed by atoms with van der Waals surface area (Å²) in [5.41, 5.74) is 0.993. The average molecular weight is 209 g/mol. The van der Waals surface area contributed by atoms with E-state index >= 15 is 0 Å². The first kappa shape index (κ1) is 9.99. The molecule has 2 nitrogen and oxygen atoms in total. The summed E-state index contributed by atoms with van der Waals surface area (Å²) in [6.45, 7) is 0. The summed E-state index contributed by atoms with van der Waals surface area (Å²) in [6.07, 6.45) is 4.65. The van der Waals surface area contributed by atoms with Gasteiger partial charge < -0.3 is 5.11 Å². The van der Waals surface area contributed by atoms with Crippen molar-refractivity contribution in [1.29, 1.82) is 0 Å². The Bertz CT molecular complexity index is 272. The first-order chi connectivity index (χ1) is 6.86. The third kappa shape index (κ3) is 2.49. The van der Waals surface area contributed by atoms with E-state index in [1.165, 1.54) is 12.2 Å². The van der Waals surface area contributed by atoms with Crippen molar-refractivity contribution in [2.75, 3.05) is 5.75 Å². The second-order valence-corrected chi connectivity index (χ2v) is 4.99. The fourth-order valence-corrected chi connectivity index (χ4v) is 3.06. The zero-order valence-electron chi connectivity index (χ0n) is 8.10. The van der Waals surface area contributed by atoms with Crippen LogP contribution >= 0.6 is 11.8 Å². The molecule has 76 valence electrons. The molecule has 1 N–H and O–H groups in total. The smallest absolute Gasteiger partial charge is 0.0714 e. The lowest BCUT2D eigenvalue weighted by atomic mass is 10.1. The Balaban J connectivity index is 1.90. The molecule has 0 amide bonds. The monoisotopic (exact) mass is 209 g/mol. The zero-order valence-corrected chi connectivity index (χ0v) is 8.91. The van der Waals surface area contributed by atoms with Crippen molar-refractivity contribution in [2.24, 2.45) is 0 Å². The van der Waals surface area contributed by atoms with Gasteiger partial charge in [-0.15, -0.1) is 0 Å². The van der Waals surface area contributed by atoms with Gasteiger partial charge in [-0.2, -0.15) is 11.8 Å². The molecule has 1 saturated heterocycles. The zero-order chi connectivity index (χ0) is 9.80. The highest BCUT2D eigenvalue weighted by Gasteiger charge is 2.23. The van der Waals surface area contributed by atoms with Crippen molar-refractivity contribution in [3.8, 4) is 0 Å². The van der Waals surface area contributed by atoms with Crippen molar-refractivity contribution < 1.29 is 5.11 Å². The fourth-order valence-electron chi connectivity index (χ4n) is 1.77. The highest BCUT2D eigenvalue weighted by atomic mass is 32.2. The van der Waals surface area contributed by atoms with Crippen molar-refractivity contribution in [2.45, 2.75) is 30.6 Å². The second kappa shape index (κ2) is 4.80. The van der Waals surface area contributed by atoms with Crippen LogP contribution < -0.4 is 0 Å². The van der Waals surface area contributed by atoms with E-state index in [4.69, 9.17) is 0 Å². The van der Waals surface area contributed by atoms with Gasteiger partial charge in [-0.25, -0.2) is 0 Å². The van der Waals surface area contributed by atoms with E-state index in [2.05, 4.69) is 4.98 Å². The molecule has 2 unspecified atom stereocenters. The van der Waals surface area contributed by atoms with E-state index in [1.807, 2.05) is 30.0 Å². The van der Waals surface area contributed by atoms with E-state index in [0.29, 0.717) is 11.7 Å². The van der Waals surface area contributed by atoms with Crippen LogP contribution in [0.2, 0.25) is 0 Å². The summed E-state index contributed by atoms with van der Waals surface area (Å²) >= 11 is 1.89. The molecule has 0 aliphatic carbocycles. The Kier molecular flexibility index (Phi) is 3.43. The molecule has 14 heavy (non-hydrogen) atoms. The number of rotatable bonds is 3. The highest BCUT2D eigenvalue weighted by molar-refractivity contribution is 8.00. The van der Waals surface area contributed by atoms with Crippen LogP contribution in [0.5, 0.6) is 0 Å². The molecule has 1 aliphatic rings. The topological polar surface area (TPSA) is 33.1 Å². The van der Waals surface area contributed by atoms with Gasteiger partial charge in [0, 0.05) is 23.6 Å². The van der Waals surface area contributed by atoms with Crippen LogP contribution in [0.1, 0.15) is 18.5 Å². The molecule has 0 aromatic carbocycles. The third-order valence-corrected chi connectivity index (χ3v) is 4.04. The van der Waals surface area contributed by atoms with Crippen molar-refractivity contribution in [3.63, 3.8) is 0 Å². The van der Waals surface area contributed by atoms with Crippen LogP contribution in [0.15, 0.2) is 24.4 Å². The summed E-state index contributed by atoms with van der Waals surface area (Å²) in [7, 11) is 0. The Morgan fingerprint density at radius 1 is 1.57 bits per heavy atom. The van der Waals surface area contributed by atoms with Crippen LogP contribution in [0.25, 0.3) is 0 Å². The highest BCUT2D eigenvalue weighted by Crippen LogP contribution is 2.29. The summed E-state index contributed by atoms with van der Waals surface area (Å²) in [5.74, 6) is 1.20. The predicted octanol–water partition coefficient (Wildman–Crippen LogP) is 1.88. The molecule has 1 aliphatic heterocycles. The first-order valence-electron chi connectivity index (χ1n) is 5.06. The normalized spacial score (nSPS) is 23.6. The Morgan fingerprint density at radius 2 is 2.50 bits per heavy atom. The number of aromatic nitrogens is 1. The number of hydrogen-bond acceptors (Lipinski definition) is 3. The Hall–Kier alpha value is -0.540. The molecular weight excluding hydrogens is 194 g/mol. The fraction of sp³-hybridized carbons (Fsp3) is 0.545. The average Bonchev–Trinajstić information content (AvgIpc) is 2.72. The van der Waals surface area contributed by atoms with Crippen molar-refractivity contribution in [3.05, 3.63) is 30.1 Å². The van der Waals surface area contributed by atoms with Gasteiger partial charge in [0.2, 0.25) is 0 Å². The van der Waals surface area contributed by atoms with Gasteiger partial charge in [0.25, 0.3) is 0 Å². The van der Waals surface area contributed by atoms with E-state index in [1.54, 1.807) is 6.20 Å². The first-order valence-corrected chi connectivity index (χ1v) is 6.11. The Labute approximate surface area is 88.8 Å². The number of hydrogen-bond donors (Lipinski definition) is 1. The molecule has 1 aromatic heterocycles. The van der Waals surface area contributed by atoms with E-state index in [0.717, 1.165) is 12.1 Å². The minimum atomic E-state index is -0.225. The van der Waals surface area contributed by atoms with Gasteiger partial charge in [0.05, 0.1) is 6.10 Å². The maximum atomic E-state index is 9.94. The number of thioether (sulfide) groups is 1. The molecule has 0 radical (unpaired) electrons. The molecule has 2 rings (SSSR count). The lowest BCUT2D eigenvalue weighted by molar-refractivity contribution is 0.169. The SMILES string of the molecule is OC(Cc1ccccn1)C1CCCS1. The van der Waals surface area contributed by atoms with Crippen molar-refractivity contribution >= 4 is 11.8 Å². The van der Waals surface area contributed by atoms with Gasteiger partial charge in [-0.05, 0) is 30.7 Å². The number of aliphatic hydroxyl groups excluding tert-OH is 1. The molecule has 1 fully saturated rings. The maximum absolute atomic E-state index is 9.94. The van der Waals surface area contributed by atoms with Crippen LogP contribution in [0.4, 0.5) is 0 Å². The second-order valence-electron chi connectivity index (χ2n) is 3.64. The van der Waals surface area contributed by atoms with Crippen LogP contribution in [0.3, 0.4) is 0 Å². The molecule has 3 heteroatoms. The van der Waals surface area contributed by atoms with Gasteiger partial charge in [-0.3, -0.25) is 4.98 Å². The van der Waals surface area contributed by atoms with E-state index in [9.17, 15) is 5.11 Å². The summed E-state index contributed by atoms with van der Waals surface area (Å²) < 4.78 is 0.